The predicted octanol–water partition coefficient (Wildman–Crippen LogP) is 3.53. The lowest BCUT2D eigenvalue weighted by molar-refractivity contribution is -0.140. The van der Waals surface area contributed by atoms with Gasteiger partial charge in [0.15, 0.2) is 0 Å². The molecule has 1 atom stereocenters. The number of anilines is 1. The van der Waals surface area contributed by atoms with Gasteiger partial charge in [0.1, 0.15) is 6.04 Å². The molecular formula is C26H37N3O4S. The van der Waals surface area contributed by atoms with Crippen LogP contribution in [0.25, 0.3) is 0 Å². The molecule has 0 spiro atoms. The van der Waals surface area contributed by atoms with Crippen molar-refractivity contribution in [3.8, 4) is 0 Å². The number of nitrogens with one attached hydrogen (secondary N) is 1. The van der Waals surface area contributed by atoms with Gasteiger partial charge in [-0.2, -0.15) is 0 Å². The average Bonchev–Trinajstić information content (AvgIpc) is 2.76. The third-order valence-electron chi connectivity index (χ3n) is 5.52. The lowest BCUT2D eigenvalue weighted by Crippen LogP contribution is -2.50. The van der Waals surface area contributed by atoms with Crippen molar-refractivity contribution >= 4 is 27.5 Å². The van der Waals surface area contributed by atoms with Crippen molar-refractivity contribution in [2.24, 2.45) is 0 Å². The maximum Gasteiger partial charge on any atom is 0.242 e. The quantitative estimate of drug-likeness (QED) is 0.496. The van der Waals surface area contributed by atoms with Gasteiger partial charge in [0.2, 0.25) is 21.8 Å². The van der Waals surface area contributed by atoms with E-state index in [0.29, 0.717) is 25.1 Å². The number of carbonyl (C=O) groups excluding carboxylic acids is 2. The zero-order valence-corrected chi connectivity index (χ0v) is 21.6. The van der Waals surface area contributed by atoms with Crippen LogP contribution in [0.15, 0.2) is 54.6 Å². The molecule has 8 heteroatoms. The maximum atomic E-state index is 13.2. The summed E-state index contributed by atoms with van der Waals surface area (Å²) in [5, 5.41) is 2.88. The molecule has 2 aromatic carbocycles. The van der Waals surface area contributed by atoms with E-state index in [9.17, 15) is 18.0 Å². The van der Waals surface area contributed by atoms with Crippen LogP contribution in [0.3, 0.4) is 0 Å². The molecule has 0 aliphatic rings. The van der Waals surface area contributed by atoms with Gasteiger partial charge < -0.3 is 10.2 Å². The number of benzene rings is 2. The maximum absolute atomic E-state index is 13.2. The van der Waals surface area contributed by atoms with Crippen LogP contribution in [-0.4, -0.2) is 56.6 Å². The number of hydrogen-bond acceptors (Lipinski definition) is 4. The van der Waals surface area contributed by atoms with E-state index in [1.165, 1.54) is 10.6 Å². The number of hydrogen-bond donors (Lipinski definition) is 1. The Balaban J connectivity index is 2.10. The van der Waals surface area contributed by atoms with E-state index >= 15 is 0 Å². The summed E-state index contributed by atoms with van der Waals surface area (Å²) in [6, 6.07) is 16.4. The van der Waals surface area contributed by atoms with Gasteiger partial charge in [-0.15, -0.1) is 0 Å². The SMILES string of the molecule is Cc1cccc(N(CCCC(=O)N(CCc2ccccc2)[C@@H](C)C(=O)NC(C)C)S(C)(=O)=O)c1. The third kappa shape index (κ3) is 8.48. The van der Waals surface area contributed by atoms with Gasteiger partial charge in [-0.25, -0.2) is 8.42 Å². The van der Waals surface area contributed by atoms with E-state index in [4.69, 9.17) is 0 Å². The summed E-state index contributed by atoms with van der Waals surface area (Å²) in [4.78, 5) is 27.4. The van der Waals surface area contributed by atoms with Crippen LogP contribution in [-0.2, 0) is 26.0 Å². The second-order valence-electron chi connectivity index (χ2n) is 8.94. The molecule has 186 valence electrons. The highest BCUT2D eigenvalue weighted by Gasteiger charge is 2.26. The van der Waals surface area contributed by atoms with Gasteiger partial charge in [-0.05, 0) is 63.8 Å². The summed E-state index contributed by atoms with van der Waals surface area (Å²) in [5.41, 5.74) is 2.62. The molecule has 2 rings (SSSR count). The Hall–Kier alpha value is -2.87. The monoisotopic (exact) mass is 487 g/mol. The Bertz CT molecular complexity index is 1050. The fraction of sp³-hybridized carbons (Fsp3) is 0.462. The number of carbonyl (C=O) groups is 2. The van der Waals surface area contributed by atoms with E-state index < -0.39 is 16.1 Å². The molecule has 34 heavy (non-hydrogen) atoms. The normalized spacial score (nSPS) is 12.3. The Morgan fingerprint density at radius 2 is 1.65 bits per heavy atom. The molecule has 2 amide bonds. The fourth-order valence-electron chi connectivity index (χ4n) is 3.76. The zero-order chi connectivity index (χ0) is 25.3. The minimum Gasteiger partial charge on any atom is -0.352 e. The van der Waals surface area contributed by atoms with Crippen LogP contribution in [0.1, 0.15) is 44.7 Å². The lowest BCUT2D eigenvalue weighted by Gasteiger charge is -2.30. The molecule has 0 aliphatic carbocycles. The molecule has 0 saturated heterocycles. The first-order chi connectivity index (χ1) is 16.0. The number of rotatable bonds is 12. The number of sulfonamides is 1. The summed E-state index contributed by atoms with van der Waals surface area (Å²) in [7, 11) is -3.50. The Morgan fingerprint density at radius 3 is 2.24 bits per heavy atom. The molecule has 7 nitrogen and oxygen atoms in total. The molecule has 1 N–H and O–H groups in total. The fourth-order valence-corrected chi connectivity index (χ4v) is 4.72. The second kappa shape index (κ2) is 12.6. The highest BCUT2D eigenvalue weighted by molar-refractivity contribution is 7.92. The summed E-state index contributed by atoms with van der Waals surface area (Å²) in [5.74, 6) is -0.367. The van der Waals surface area contributed by atoms with Crippen LogP contribution in [0, 0.1) is 6.92 Å². The first-order valence-corrected chi connectivity index (χ1v) is 13.5. The zero-order valence-electron chi connectivity index (χ0n) is 20.8. The van der Waals surface area contributed by atoms with E-state index in [0.717, 1.165) is 11.1 Å². The first-order valence-electron chi connectivity index (χ1n) is 11.7. The Morgan fingerprint density at radius 1 is 0.971 bits per heavy atom. The average molecular weight is 488 g/mol. The highest BCUT2D eigenvalue weighted by Crippen LogP contribution is 2.20. The van der Waals surface area contributed by atoms with Crippen molar-refractivity contribution in [1.29, 1.82) is 0 Å². The molecule has 0 bridgehead atoms. The molecule has 0 radical (unpaired) electrons. The molecule has 0 aromatic heterocycles. The van der Waals surface area contributed by atoms with Crippen LogP contribution < -0.4 is 9.62 Å². The predicted molar refractivity (Wildman–Crippen MR) is 137 cm³/mol. The van der Waals surface area contributed by atoms with Crippen LogP contribution in [0.4, 0.5) is 5.69 Å². The molecular weight excluding hydrogens is 450 g/mol. The highest BCUT2D eigenvalue weighted by atomic mass is 32.2. The van der Waals surface area contributed by atoms with E-state index in [-0.39, 0.29) is 30.8 Å². The Kier molecular flexibility index (Phi) is 10.1. The lowest BCUT2D eigenvalue weighted by atomic mass is 10.1. The molecule has 0 fully saturated rings. The van der Waals surface area contributed by atoms with Crippen molar-refractivity contribution in [3.63, 3.8) is 0 Å². The third-order valence-corrected chi connectivity index (χ3v) is 6.72. The summed E-state index contributed by atoms with van der Waals surface area (Å²) >= 11 is 0. The van der Waals surface area contributed by atoms with Crippen LogP contribution in [0.2, 0.25) is 0 Å². The van der Waals surface area contributed by atoms with Crippen LogP contribution in [0.5, 0.6) is 0 Å². The second-order valence-corrected chi connectivity index (χ2v) is 10.8. The largest absolute Gasteiger partial charge is 0.352 e. The summed E-state index contributed by atoms with van der Waals surface area (Å²) in [6.07, 6.45) is 2.29. The Labute approximate surface area is 204 Å². The minimum absolute atomic E-state index is 0.0290. The van der Waals surface area contributed by atoms with E-state index in [1.807, 2.05) is 69.3 Å². The van der Waals surface area contributed by atoms with Crippen molar-refractivity contribution < 1.29 is 18.0 Å². The van der Waals surface area contributed by atoms with Gasteiger partial charge in [0.05, 0.1) is 11.9 Å². The standard InChI is InChI=1S/C26H37N3O4S/c1-20(2)27-26(31)22(4)28(18-16-23-12-7-6-8-13-23)25(30)15-10-17-29(34(5,32)33)24-14-9-11-21(3)19-24/h6-9,11-14,19-20,22H,10,15-18H2,1-5H3,(H,27,31)/t22-/m0/s1. The van der Waals surface area contributed by atoms with E-state index in [1.54, 1.807) is 17.9 Å². The van der Waals surface area contributed by atoms with Crippen molar-refractivity contribution in [2.75, 3.05) is 23.7 Å². The summed E-state index contributed by atoms with van der Waals surface area (Å²) < 4.78 is 26.1. The van der Waals surface area contributed by atoms with Gasteiger partial charge >= 0.3 is 0 Å². The summed E-state index contributed by atoms with van der Waals surface area (Å²) in [6.45, 7) is 7.99. The van der Waals surface area contributed by atoms with Gasteiger partial charge in [-0.1, -0.05) is 42.5 Å². The first kappa shape index (κ1) is 27.4. The molecule has 0 heterocycles. The minimum atomic E-state index is -3.50. The number of amides is 2. The van der Waals surface area contributed by atoms with Crippen molar-refractivity contribution in [2.45, 2.75) is 59.0 Å². The number of nitrogens with zero attached hydrogens (tertiary/aromatic N) is 2. The van der Waals surface area contributed by atoms with Gasteiger partial charge in [-0.3, -0.25) is 13.9 Å². The number of aryl methyl sites for hydroxylation is 1. The van der Waals surface area contributed by atoms with Crippen molar-refractivity contribution in [1.82, 2.24) is 10.2 Å². The smallest absolute Gasteiger partial charge is 0.242 e. The molecule has 2 aromatic rings. The van der Waals surface area contributed by atoms with Gasteiger partial charge in [0.25, 0.3) is 0 Å². The van der Waals surface area contributed by atoms with E-state index in [2.05, 4.69) is 5.32 Å². The molecule has 0 aliphatic heterocycles. The topological polar surface area (TPSA) is 86.8 Å². The molecule has 0 unspecified atom stereocenters. The molecule has 0 saturated carbocycles. The van der Waals surface area contributed by atoms with Crippen molar-refractivity contribution in [3.05, 3.63) is 65.7 Å². The van der Waals surface area contributed by atoms with Gasteiger partial charge in [0, 0.05) is 25.6 Å². The van der Waals surface area contributed by atoms with Crippen LogP contribution >= 0.6 is 0 Å².